The highest BCUT2D eigenvalue weighted by atomic mass is 16.1. The first-order valence-corrected chi connectivity index (χ1v) is 6.51. The molecule has 0 aromatic heterocycles. The van der Waals surface area contributed by atoms with Gasteiger partial charge in [-0.25, -0.2) is 0 Å². The predicted octanol–water partition coefficient (Wildman–Crippen LogP) is 3.11. The second-order valence-electron chi connectivity index (χ2n) is 4.72. The van der Waals surface area contributed by atoms with Gasteiger partial charge in [0.2, 0.25) is 5.91 Å². The van der Waals surface area contributed by atoms with Gasteiger partial charge in [0.15, 0.2) is 5.78 Å². The van der Waals surface area contributed by atoms with Gasteiger partial charge in [0.05, 0.1) is 6.04 Å². The summed E-state index contributed by atoms with van der Waals surface area (Å²) in [4.78, 5) is 22.7. The Labute approximate surface area is 118 Å². The second-order valence-corrected chi connectivity index (χ2v) is 4.72. The van der Waals surface area contributed by atoms with E-state index in [0.29, 0.717) is 5.56 Å². The van der Waals surface area contributed by atoms with Crippen molar-refractivity contribution in [3.63, 3.8) is 0 Å². The lowest BCUT2D eigenvalue weighted by atomic mass is 9.97. The number of nitrogens with one attached hydrogen (secondary N) is 1. The molecule has 0 aliphatic heterocycles. The van der Waals surface area contributed by atoms with Crippen LogP contribution in [0.2, 0.25) is 0 Å². The Morgan fingerprint density at radius 3 is 1.90 bits per heavy atom. The highest BCUT2D eigenvalue weighted by Crippen LogP contribution is 2.22. The zero-order valence-corrected chi connectivity index (χ0v) is 11.6. The van der Waals surface area contributed by atoms with Crippen molar-refractivity contribution in [2.45, 2.75) is 19.9 Å². The molecule has 2 aromatic carbocycles. The van der Waals surface area contributed by atoms with Crippen LogP contribution in [0.5, 0.6) is 0 Å². The van der Waals surface area contributed by atoms with E-state index in [-0.39, 0.29) is 17.7 Å². The summed E-state index contributed by atoms with van der Waals surface area (Å²) < 4.78 is 0. The van der Waals surface area contributed by atoms with Gasteiger partial charge < -0.3 is 5.32 Å². The summed E-state index contributed by atoms with van der Waals surface area (Å²) in [5.41, 5.74) is 2.64. The minimum absolute atomic E-state index is 0.0346. The van der Waals surface area contributed by atoms with E-state index in [4.69, 9.17) is 0 Å². The van der Waals surface area contributed by atoms with Crippen molar-refractivity contribution in [3.05, 3.63) is 71.3 Å². The zero-order valence-electron chi connectivity index (χ0n) is 11.6. The molecule has 1 atom stereocenters. The molecular formula is C17H17NO2. The molecule has 0 heterocycles. The third-order valence-electron chi connectivity index (χ3n) is 3.13. The number of amides is 1. The third-order valence-corrected chi connectivity index (χ3v) is 3.13. The Bertz CT molecular complexity index is 603. The van der Waals surface area contributed by atoms with E-state index >= 15 is 0 Å². The van der Waals surface area contributed by atoms with Crippen LogP contribution in [0.25, 0.3) is 0 Å². The molecule has 0 spiro atoms. The third kappa shape index (κ3) is 3.32. The first kappa shape index (κ1) is 14.0. The van der Waals surface area contributed by atoms with Crippen molar-refractivity contribution < 1.29 is 9.59 Å². The van der Waals surface area contributed by atoms with Crippen LogP contribution in [-0.2, 0) is 4.79 Å². The number of Topliss-reactive ketones (excluding diaryl/α,β-unsaturated/α-hetero) is 1. The van der Waals surface area contributed by atoms with Crippen LogP contribution in [-0.4, -0.2) is 11.7 Å². The summed E-state index contributed by atoms with van der Waals surface area (Å²) in [6, 6.07) is 16.9. The van der Waals surface area contributed by atoms with Gasteiger partial charge in [0.25, 0.3) is 0 Å². The molecular weight excluding hydrogens is 250 g/mol. The molecule has 0 unspecified atom stereocenters. The lowest BCUT2D eigenvalue weighted by Crippen LogP contribution is -2.26. The molecule has 0 aliphatic carbocycles. The highest BCUT2D eigenvalue weighted by Gasteiger charge is 2.15. The number of rotatable bonds is 4. The Kier molecular flexibility index (Phi) is 4.31. The Morgan fingerprint density at radius 2 is 1.40 bits per heavy atom. The summed E-state index contributed by atoms with van der Waals surface area (Å²) >= 11 is 0. The lowest BCUT2D eigenvalue weighted by molar-refractivity contribution is -0.119. The zero-order chi connectivity index (χ0) is 14.5. The van der Waals surface area contributed by atoms with Gasteiger partial charge in [-0.2, -0.15) is 0 Å². The predicted molar refractivity (Wildman–Crippen MR) is 78.5 cm³/mol. The second kappa shape index (κ2) is 6.15. The fourth-order valence-corrected chi connectivity index (χ4v) is 2.12. The van der Waals surface area contributed by atoms with Crippen molar-refractivity contribution in [2.75, 3.05) is 0 Å². The van der Waals surface area contributed by atoms with Crippen LogP contribution in [0.3, 0.4) is 0 Å². The van der Waals surface area contributed by atoms with Gasteiger partial charge in [-0.05, 0) is 18.1 Å². The summed E-state index contributed by atoms with van der Waals surface area (Å²) in [7, 11) is 0. The van der Waals surface area contributed by atoms with Crippen LogP contribution in [0.1, 0.15) is 41.4 Å². The maximum Gasteiger partial charge on any atom is 0.217 e. The lowest BCUT2D eigenvalue weighted by Gasteiger charge is -2.19. The van der Waals surface area contributed by atoms with E-state index in [1.807, 2.05) is 42.5 Å². The van der Waals surface area contributed by atoms with E-state index in [1.165, 1.54) is 13.8 Å². The molecule has 0 radical (unpaired) electrons. The fourth-order valence-electron chi connectivity index (χ4n) is 2.12. The molecule has 1 N–H and O–H groups in total. The Balaban J connectivity index is 2.36. The molecule has 2 rings (SSSR count). The quantitative estimate of drug-likeness (QED) is 0.865. The maximum absolute atomic E-state index is 11.4. The minimum Gasteiger partial charge on any atom is -0.345 e. The average molecular weight is 267 g/mol. The van der Waals surface area contributed by atoms with Gasteiger partial charge in [-0.3, -0.25) is 9.59 Å². The van der Waals surface area contributed by atoms with E-state index in [2.05, 4.69) is 5.32 Å². The summed E-state index contributed by atoms with van der Waals surface area (Å²) in [5, 5.41) is 2.94. The topological polar surface area (TPSA) is 46.2 Å². The largest absolute Gasteiger partial charge is 0.345 e. The van der Waals surface area contributed by atoms with E-state index in [1.54, 1.807) is 12.1 Å². The molecule has 0 saturated heterocycles. The van der Waals surface area contributed by atoms with Crippen LogP contribution in [0, 0.1) is 0 Å². The SMILES string of the molecule is CC(=O)N[C@@H](c1ccccc1)c1ccc(C(C)=O)cc1. The molecule has 0 aliphatic rings. The molecule has 102 valence electrons. The van der Waals surface area contributed by atoms with Gasteiger partial charge in [0.1, 0.15) is 0 Å². The van der Waals surface area contributed by atoms with Gasteiger partial charge in [0, 0.05) is 12.5 Å². The molecule has 0 bridgehead atoms. The van der Waals surface area contributed by atoms with Crippen LogP contribution in [0.15, 0.2) is 54.6 Å². The molecule has 2 aromatic rings. The molecule has 3 heteroatoms. The monoisotopic (exact) mass is 267 g/mol. The van der Waals surface area contributed by atoms with Crippen LogP contribution in [0.4, 0.5) is 0 Å². The van der Waals surface area contributed by atoms with Crippen LogP contribution >= 0.6 is 0 Å². The minimum atomic E-state index is -0.199. The number of carbonyl (C=O) groups excluding carboxylic acids is 2. The van der Waals surface area contributed by atoms with Gasteiger partial charge in [-0.15, -0.1) is 0 Å². The first-order chi connectivity index (χ1) is 9.58. The van der Waals surface area contributed by atoms with Crippen molar-refractivity contribution >= 4 is 11.7 Å². The van der Waals surface area contributed by atoms with Crippen molar-refractivity contribution in [2.24, 2.45) is 0 Å². The Hall–Kier alpha value is -2.42. The van der Waals surface area contributed by atoms with E-state index in [0.717, 1.165) is 11.1 Å². The molecule has 0 saturated carbocycles. The molecule has 0 fully saturated rings. The van der Waals surface area contributed by atoms with E-state index in [9.17, 15) is 9.59 Å². The van der Waals surface area contributed by atoms with Crippen molar-refractivity contribution in [3.8, 4) is 0 Å². The van der Waals surface area contributed by atoms with Crippen molar-refractivity contribution in [1.29, 1.82) is 0 Å². The van der Waals surface area contributed by atoms with Gasteiger partial charge >= 0.3 is 0 Å². The average Bonchev–Trinajstić information content (AvgIpc) is 2.45. The van der Waals surface area contributed by atoms with Gasteiger partial charge in [-0.1, -0.05) is 54.6 Å². The number of hydrogen-bond acceptors (Lipinski definition) is 2. The number of ketones is 1. The summed E-state index contributed by atoms with van der Waals surface area (Å²) in [6.45, 7) is 3.04. The van der Waals surface area contributed by atoms with Crippen molar-refractivity contribution in [1.82, 2.24) is 5.32 Å². The number of carbonyl (C=O) groups is 2. The number of benzene rings is 2. The van der Waals surface area contributed by atoms with E-state index < -0.39 is 0 Å². The molecule has 3 nitrogen and oxygen atoms in total. The Morgan fingerprint density at radius 1 is 0.850 bits per heavy atom. The maximum atomic E-state index is 11.4. The summed E-state index contributed by atoms with van der Waals surface area (Å²) in [5.74, 6) is -0.0539. The normalized spacial score (nSPS) is 11.7. The molecule has 1 amide bonds. The summed E-state index contributed by atoms with van der Waals surface area (Å²) in [6.07, 6.45) is 0. The standard InChI is InChI=1S/C17H17NO2/c1-12(19)14-8-10-16(11-9-14)17(18-13(2)20)15-6-4-3-5-7-15/h3-11,17H,1-2H3,(H,18,20)/t17-/m0/s1. The highest BCUT2D eigenvalue weighted by molar-refractivity contribution is 5.94. The first-order valence-electron chi connectivity index (χ1n) is 6.51. The molecule has 20 heavy (non-hydrogen) atoms. The fraction of sp³-hybridized carbons (Fsp3) is 0.176. The number of hydrogen-bond donors (Lipinski definition) is 1. The smallest absolute Gasteiger partial charge is 0.217 e. The van der Waals surface area contributed by atoms with Crippen LogP contribution < -0.4 is 5.32 Å².